The number of hydrogen-bond donors (Lipinski definition) is 1. The van der Waals surface area contributed by atoms with Crippen LogP contribution in [0.1, 0.15) is 24.5 Å². The van der Waals surface area contributed by atoms with Crippen LogP contribution in [0.5, 0.6) is 0 Å². The lowest BCUT2D eigenvalue weighted by atomic mass is 10.1. The van der Waals surface area contributed by atoms with Crippen molar-refractivity contribution < 1.29 is 0 Å². The average Bonchev–Trinajstić information content (AvgIpc) is 2.42. The average molecular weight is 239 g/mol. The van der Waals surface area contributed by atoms with Crippen LogP contribution in [0.4, 0.5) is 5.69 Å². The lowest BCUT2D eigenvalue weighted by molar-refractivity contribution is 1.22. The van der Waals surface area contributed by atoms with Crippen LogP contribution in [0, 0.1) is 0 Å². The van der Waals surface area contributed by atoms with Crippen molar-refractivity contribution in [3.05, 3.63) is 66.8 Å². The lowest BCUT2D eigenvalue weighted by Crippen LogP contribution is -1.98. The molecule has 0 amide bonds. The molecule has 0 aliphatic carbocycles. The number of anilines is 1. The van der Waals surface area contributed by atoms with E-state index < -0.39 is 0 Å². The van der Waals surface area contributed by atoms with Crippen molar-refractivity contribution in [1.29, 1.82) is 0 Å². The van der Waals surface area contributed by atoms with E-state index in [0.717, 1.165) is 29.8 Å². The first-order valence-electron chi connectivity index (χ1n) is 6.26. The summed E-state index contributed by atoms with van der Waals surface area (Å²) < 4.78 is 0. The molecule has 0 aliphatic rings. The first-order chi connectivity index (χ1) is 8.81. The Kier molecular flexibility index (Phi) is 6.34. The van der Waals surface area contributed by atoms with Crippen molar-refractivity contribution in [2.24, 2.45) is 0 Å². The third-order valence-corrected chi connectivity index (χ3v) is 2.57. The first-order valence-corrected chi connectivity index (χ1v) is 6.26. The van der Waals surface area contributed by atoms with Crippen LogP contribution in [-0.4, -0.2) is 6.54 Å². The molecule has 1 N–H and O–H groups in total. The number of hydrogen-bond acceptors (Lipinski definition) is 1. The molecule has 0 saturated carbocycles. The predicted octanol–water partition coefficient (Wildman–Crippen LogP) is 4.91. The quantitative estimate of drug-likeness (QED) is 0.667. The lowest BCUT2D eigenvalue weighted by Gasteiger charge is -2.07. The standard InChI is InChI=1S/C17H21N/c1-4-7-8-9-10-13-18-17-12-11-15(5-2)16(6-3)14-17/h5-12,14,18H,2-4,13H2,1H3/b8-7-,10-9+. The molecule has 0 saturated heterocycles. The Hall–Kier alpha value is -2.02. The summed E-state index contributed by atoms with van der Waals surface area (Å²) in [4.78, 5) is 0. The number of nitrogens with one attached hydrogen (secondary N) is 1. The Balaban J connectivity index is 2.58. The van der Waals surface area contributed by atoms with E-state index in [2.05, 4.69) is 61.8 Å². The molecular weight excluding hydrogens is 218 g/mol. The smallest absolute Gasteiger partial charge is 0.0349 e. The molecule has 0 aliphatic heterocycles. The van der Waals surface area contributed by atoms with Gasteiger partial charge in [0.05, 0.1) is 0 Å². The molecule has 1 nitrogen and oxygen atoms in total. The molecule has 0 fully saturated rings. The van der Waals surface area contributed by atoms with Crippen LogP contribution in [0.15, 0.2) is 55.7 Å². The summed E-state index contributed by atoms with van der Waals surface area (Å²) in [6.07, 6.45) is 13.1. The molecule has 1 aromatic rings. The van der Waals surface area contributed by atoms with Gasteiger partial charge in [-0.2, -0.15) is 0 Å². The van der Waals surface area contributed by atoms with Gasteiger partial charge >= 0.3 is 0 Å². The third kappa shape index (κ3) is 4.46. The van der Waals surface area contributed by atoms with E-state index in [1.54, 1.807) is 0 Å². The summed E-state index contributed by atoms with van der Waals surface area (Å²) in [6, 6.07) is 6.19. The fourth-order valence-corrected chi connectivity index (χ4v) is 1.59. The Morgan fingerprint density at radius 1 is 1.06 bits per heavy atom. The molecule has 0 unspecified atom stereocenters. The summed E-state index contributed by atoms with van der Waals surface area (Å²) in [6.45, 7) is 10.5. The van der Waals surface area contributed by atoms with E-state index in [1.165, 1.54) is 0 Å². The van der Waals surface area contributed by atoms with Gasteiger partial charge < -0.3 is 5.32 Å². The van der Waals surface area contributed by atoms with Gasteiger partial charge in [-0.1, -0.05) is 62.6 Å². The molecule has 0 atom stereocenters. The van der Waals surface area contributed by atoms with Crippen molar-refractivity contribution in [3.63, 3.8) is 0 Å². The number of rotatable bonds is 7. The van der Waals surface area contributed by atoms with Crippen molar-refractivity contribution in [2.75, 3.05) is 11.9 Å². The third-order valence-electron chi connectivity index (χ3n) is 2.57. The molecular formula is C17H21N. The Labute approximate surface area is 110 Å². The number of allylic oxidation sites excluding steroid dienone is 3. The normalized spacial score (nSPS) is 10.9. The minimum Gasteiger partial charge on any atom is -0.382 e. The molecule has 1 aromatic carbocycles. The van der Waals surface area contributed by atoms with Crippen molar-refractivity contribution >= 4 is 17.8 Å². The van der Waals surface area contributed by atoms with E-state index >= 15 is 0 Å². The van der Waals surface area contributed by atoms with Crippen LogP contribution in [0.2, 0.25) is 0 Å². The summed E-state index contributed by atoms with van der Waals surface area (Å²) in [7, 11) is 0. The highest BCUT2D eigenvalue weighted by atomic mass is 14.8. The highest BCUT2D eigenvalue weighted by molar-refractivity contribution is 5.68. The summed E-state index contributed by atoms with van der Waals surface area (Å²) in [5.41, 5.74) is 3.31. The van der Waals surface area contributed by atoms with Crippen LogP contribution in [0.3, 0.4) is 0 Å². The van der Waals surface area contributed by atoms with Crippen molar-refractivity contribution in [3.8, 4) is 0 Å². The maximum atomic E-state index is 3.81. The summed E-state index contributed by atoms with van der Waals surface area (Å²) >= 11 is 0. The molecule has 1 rings (SSSR count). The SMILES string of the molecule is C=Cc1ccc(NC/C=C/C=C\CC)cc1C=C. The fourth-order valence-electron chi connectivity index (χ4n) is 1.59. The van der Waals surface area contributed by atoms with Gasteiger partial charge in [0.15, 0.2) is 0 Å². The molecule has 18 heavy (non-hydrogen) atoms. The molecule has 0 heterocycles. The fraction of sp³-hybridized carbons (Fsp3) is 0.176. The van der Waals surface area contributed by atoms with Gasteiger partial charge in [0.2, 0.25) is 0 Å². The zero-order valence-corrected chi connectivity index (χ0v) is 11.0. The predicted molar refractivity (Wildman–Crippen MR) is 83.7 cm³/mol. The van der Waals surface area contributed by atoms with E-state index in [-0.39, 0.29) is 0 Å². The molecule has 94 valence electrons. The van der Waals surface area contributed by atoms with Gasteiger partial charge in [-0.3, -0.25) is 0 Å². The second kappa shape index (κ2) is 8.13. The van der Waals surface area contributed by atoms with Crippen molar-refractivity contribution in [1.82, 2.24) is 0 Å². The largest absolute Gasteiger partial charge is 0.382 e. The van der Waals surface area contributed by atoms with Crippen LogP contribution >= 0.6 is 0 Å². The number of benzene rings is 1. The Morgan fingerprint density at radius 2 is 1.78 bits per heavy atom. The van der Waals surface area contributed by atoms with Crippen LogP contribution < -0.4 is 5.32 Å². The van der Waals surface area contributed by atoms with Gasteiger partial charge in [0.25, 0.3) is 0 Å². The molecule has 0 aromatic heterocycles. The minimum atomic E-state index is 0.818. The van der Waals surface area contributed by atoms with Gasteiger partial charge in [-0.15, -0.1) is 0 Å². The highest BCUT2D eigenvalue weighted by Gasteiger charge is 1.96. The molecule has 0 bridgehead atoms. The van der Waals surface area contributed by atoms with E-state index in [4.69, 9.17) is 0 Å². The maximum Gasteiger partial charge on any atom is 0.0349 e. The minimum absolute atomic E-state index is 0.818. The van der Waals surface area contributed by atoms with Crippen molar-refractivity contribution in [2.45, 2.75) is 13.3 Å². The summed E-state index contributed by atoms with van der Waals surface area (Å²) in [5, 5.41) is 3.34. The monoisotopic (exact) mass is 239 g/mol. The van der Waals surface area contributed by atoms with Gasteiger partial charge in [0.1, 0.15) is 0 Å². The second-order valence-corrected chi connectivity index (χ2v) is 3.90. The molecule has 1 heteroatoms. The van der Waals surface area contributed by atoms with E-state index in [0.29, 0.717) is 0 Å². The van der Waals surface area contributed by atoms with Gasteiger partial charge in [0, 0.05) is 12.2 Å². The van der Waals surface area contributed by atoms with Gasteiger partial charge in [-0.05, 0) is 29.7 Å². The van der Waals surface area contributed by atoms with Gasteiger partial charge in [-0.25, -0.2) is 0 Å². The van der Waals surface area contributed by atoms with Crippen LogP contribution in [-0.2, 0) is 0 Å². The summed E-state index contributed by atoms with van der Waals surface area (Å²) in [5.74, 6) is 0. The highest BCUT2D eigenvalue weighted by Crippen LogP contribution is 2.17. The molecule has 0 spiro atoms. The topological polar surface area (TPSA) is 12.0 Å². The molecule has 0 radical (unpaired) electrons. The maximum absolute atomic E-state index is 3.81. The van der Waals surface area contributed by atoms with Crippen LogP contribution in [0.25, 0.3) is 12.2 Å². The van der Waals surface area contributed by atoms with E-state index in [9.17, 15) is 0 Å². The zero-order chi connectivity index (χ0) is 13.2. The zero-order valence-electron chi connectivity index (χ0n) is 11.0. The Bertz CT molecular complexity index is 453. The first kappa shape index (κ1) is 14.0. The second-order valence-electron chi connectivity index (χ2n) is 3.90. The van der Waals surface area contributed by atoms with E-state index in [1.807, 2.05) is 18.2 Å². The Morgan fingerprint density at radius 3 is 2.44 bits per heavy atom.